The number of nitrogens with zero attached hydrogens (tertiary/aromatic N) is 3. The van der Waals surface area contributed by atoms with Gasteiger partial charge in [-0.15, -0.1) is 5.10 Å². The Hall–Kier alpha value is -2.37. The van der Waals surface area contributed by atoms with Crippen LogP contribution in [-0.2, 0) is 6.42 Å². The second-order valence-corrected chi connectivity index (χ2v) is 6.42. The average Bonchev–Trinajstić information content (AvgIpc) is 2.57. The molecule has 0 aliphatic heterocycles. The number of aryl methyl sites for hydroxylation is 1. The van der Waals surface area contributed by atoms with Crippen molar-refractivity contribution in [2.24, 2.45) is 0 Å². The molecule has 0 bridgehead atoms. The summed E-state index contributed by atoms with van der Waals surface area (Å²) in [6, 6.07) is 13.5. The first kappa shape index (κ1) is 17.5. The smallest absolute Gasteiger partial charge is 0.244 e. The Morgan fingerprint density at radius 1 is 1.08 bits per heavy atom. The van der Waals surface area contributed by atoms with Crippen molar-refractivity contribution in [1.82, 2.24) is 15.2 Å². The van der Waals surface area contributed by atoms with Gasteiger partial charge in [0.2, 0.25) is 5.95 Å². The fraction of sp³-hybridized carbons (Fsp3) is 0.167. The monoisotopic (exact) mass is 373 g/mol. The Bertz CT molecular complexity index is 870. The SMILES string of the molecule is Cc1cccc(Nc2cnnc(NCCc3ccc(Cl)cc3Cl)n2)c1. The van der Waals surface area contributed by atoms with Crippen molar-refractivity contribution in [3.63, 3.8) is 0 Å². The molecule has 3 rings (SSSR count). The Morgan fingerprint density at radius 3 is 2.76 bits per heavy atom. The second-order valence-electron chi connectivity index (χ2n) is 5.57. The normalized spacial score (nSPS) is 10.5. The van der Waals surface area contributed by atoms with Crippen LogP contribution in [0.3, 0.4) is 0 Å². The minimum Gasteiger partial charge on any atom is -0.353 e. The Kier molecular flexibility index (Phi) is 5.68. The van der Waals surface area contributed by atoms with Crippen LogP contribution < -0.4 is 10.6 Å². The molecule has 0 aliphatic carbocycles. The van der Waals surface area contributed by atoms with Gasteiger partial charge in [-0.25, -0.2) is 0 Å². The first-order valence-corrected chi connectivity index (χ1v) is 8.57. The van der Waals surface area contributed by atoms with Gasteiger partial charge in [0.05, 0.1) is 6.20 Å². The highest BCUT2D eigenvalue weighted by Gasteiger charge is 2.04. The molecule has 5 nitrogen and oxygen atoms in total. The van der Waals surface area contributed by atoms with Crippen LogP contribution >= 0.6 is 23.2 Å². The van der Waals surface area contributed by atoms with Crippen molar-refractivity contribution in [3.05, 3.63) is 69.8 Å². The number of rotatable bonds is 6. The van der Waals surface area contributed by atoms with E-state index in [0.717, 1.165) is 17.7 Å². The highest BCUT2D eigenvalue weighted by molar-refractivity contribution is 6.35. The molecule has 0 aliphatic rings. The lowest BCUT2D eigenvalue weighted by Crippen LogP contribution is -2.10. The summed E-state index contributed by atoms with van der Waals surface area (Å²) in [4.78, 5) is 4.42. The number of anilines is 3. The molecular weight excluding hydrogens is 357 g/mol. The number of aromatic nitrogens is 3. The quantitative estimate of drug-likeness (QED) is 0.644. The third-order valence-electron chi connectivity index (χ3n) is 3.54. The molecule has 3 aromatic rings. The highest BCUT2D eigenvalue weighted by Crippen LogP contribution is 2.21. The van der Waals surface area contributed by atoms with Gasteiger partial charge in [0.25, 0.3) is 0 Å². The van der Waals surface area contributed by atoms with E-state index < -0.39 is 0 Å². The van der Waals surface area contributed by atoms with Crippen molar-refractivity contribution in [2.45, 2.75) is 13.3 Å². The predicted molar refractivity (Wildman–Crippen MR) is 103 cm³/mol. The van der Waals surface area contributed by atoms with Gasteiger partial charge >= 0.3 is 0 Å². The van der Waals surface area contributed by atoms with E-state index in [1.165, 1.54) is 5.56 Å². The summed E-state index contributed by atoms with van der Waals surface area (Å²) in [6.07, 6.45) is 2.32. The Morgan fingerprint density at radius 2 is 1.96 bits per heavy atom. The zero-order valence-electron chi connectivity index (χ0n) is 13.6. The van der Waals surface area contributed by atoms with Gasteiger partial charge in [0, 0.05) is 22.3 Å². The summed E-state index contributed by atoms with van der Waals surface area (Å²) in [7, 11) is 0. The molecule has 2 aromatic carbocycles. The molecule has 2 N–H and O–H groups in total. The molecule has 1 aromatic heterocycles. The molecule has 0 atom stereocenters. The third-order valence-corrected chi connectivity index (χ3v) is 4.13. The number of benzene rings is 2. The van der Waals surface area contributed by atoms with Crippen LogP contribution in [0, 0.1) is 6.92 Å². The molecule has 0 fully saturated rings. The topological polar surface area (TPSA) is 62.7 Å². The van der Waals surface area contributed by atoms with E-state index in [1.54, 1.807) is 12.3 Å². The first-order valence-electron chi connectivity index (χ1n) is 7.81. The first-order chi connectivity index (χ1) is 12.1. The molecular formula is C18H17Cl2N5. The summed E-state index contributed by atoms with van der Waals surface area (Å²) >= 11 is 12.1. The van der Waals surface area contributed by atoms with E-state index in [0.29, 0.717) is 28.4 Å². The largest absolute Gasteiger partial charge is 0.353 e. The molecule has 0 amide bonds. The standard InChI is InChI=1S/C18H17Cl2N5/c1-12-3-2-4-15(9-12)23-17-11-22-25-18(24-17)21-8-7-13-5-6-14(19)10-16(13)20/h2-6,9-11H,7-8H2,1H3,(H2,21,23,24,25). The van der Waals surface area contributed by atoms with Gasteiger partial charge < -0.3 is 10.6 Å². The van der Waals surface area contributed by atoms with Crippen molar-refractivity contribution >= 4 is 40.7 Å². The predicted octanol–water partition coefficient (Wildman–Crippen LogP) is 4.89. The summed E-state index contributed by atoms with van der Waals surface area (Å²) in [5.74, 6) is 1.09. The van der Waals surface area contributed by atoms with Crippen LogP contribution in [-0.4, -0.2) is 21.7 Å². The maximum atomic E-state index is 6.17. The van der Waals surface area contributed by atoms with Crippen LogP contribution in [0.5, 0.6) is 0 Å². The molecule has 0 radical (unpaired) electrons. The fourth-order valence-corrected chi connectivity index (χ4v) is 2.85. The van der Waals surface area contributed by atoms with Gasteiger partial charge in [-0.1, -0.05) is 41.4 Å². The summed E-state index contributed by atoms with van der Waals surface area (Å²) in [6.45, 7) is 2.68. The van der Waals surface area contributed by atoms with E-state index >= 15 is 0 Å². The lowest BCUT2D eigenvalue weighted by molar-refractivity contribution is 0.929. The summed E-state index contributed by atoms with van der Waals surface area (Å²) in [5.41, 5.74) is 3.14. The molecule has 0 spiro atoms. The zero-order valence-corrected chi connectivity index (χ0v) is 15.1. The van der Waals surface area contributed by atoms with Crippen molar-refractivity contribution < 1.29 is 0 Å². The van der Waals surface area contributed by atoms with Gasteiger partial charge in [-0.05, 0) is 48.7 Å². The molecule has 128 valence electrons. The minimum absolute atomic E-state index is 0.461. The van der Waals surface area contributed by atoms with Gasteiger partial charge in [-0.3, -0.25) is 0 Å². The zero-order chi connectivity index (χ0) is 17.6. The lowest BCUT2D eigenvalue weighted by atomic mass is 10.1. The van der Waals surface area contributed by atoms with Gasteiger partial charge in [0.1, 0.15) is 0 Å². The van der Waals surface area contributed by atoms with Crippen LogP contribution in [0.25, 0.3) is 0 Å². The molecule has 25 heavy (non-hydrogen) atoms. The van der Waals surface area contributed by atoms with Gasteiger partial charge in [-0.2, -0.15) is 10.1 Å². The molecule has 0 saturated carbocycles. The third kappa shape index (κ3) is 5.05. The highest BCUT2D eigenvalue weighted by atomic mass is 35.5. The number of nitrogens with one attached hydrogen (secondary N) is 2. The van der Waals surface area contributed by atoms with Crippen LogP contribution in [0.15, 0.2) is 48.7 Å². The maximum absolute atomic E-state index is 6.17. The molecule has 0 saturated heterocycles. The van der Waals surface area contributed by atoms with E-state index in [4.69, 9.17) is 23.2 Å². The Balaban J connectivity index is 1.60. The van der Waals surface area contributed by atoms with Crippen LogP contribution in [0.1, 0.15) is 11.1 Å². The van der Waals surface area contributed by atoms with E-state index in [9.17, 15) is 0 Å². The molecule has 1 heterocycles. The number of halogens is 2. The summed E-state index contributed by atoms with van der Waals surface area (Å²) in [5, 5.41) is 15.6. The summed E-state index contributed by atoms with van der Waals surface area (Å²) < 4.78 is 0. The molecule has 0 unspecified atom stereocenters. The van der Waals surface area contributed by atoms with Crippen LogP contribution in [0.4, 0.5) is 17.5 Å². The average molecular weight is 374 g/mol. The second kappa shape index (κ2) is 8.14. The molecule has 7 heteroatoms. The number of hydrogen-bond acceptors (Lipinski definition) is 5. The van der Waals surface area contributed by atoms with E-state index in [1.807, 2.05) is 43.3 Å². The van der Waals surface area contributed by atoms with E-state index in [2.05, 4.69) is 25.8 Å². The van der Waals surface area contributed by atoms with Crippen LogP contribution in [0.2, 0.25) is 10.0 Å². The van der Waals surface area contributed by atoms with Crippen molar-refractivity contribution in [2.75, 3.05) is 17.2 Å². The number of hydrogen-bond donors (Lipinski definition) is 2. The van der Waals surface area contributed by atoms with E-state index in [-0.39, 0.29) is 0 Å². The van der Waals surface area contributed by atoms with Gasteiger partial charge in [0.15, 0.2) is 5.82 Å². The maximum Gasteiger partial charge on any atom is 0.244 e. The fourth-order valence-electron chi connectivity index (χ4n) is 2.34. The lowest BCUT2D eigenvalue weighted by Gasteiger charge is -2.09. The Labute approximate surface area is 156 Å². The van der Waals surface area contributed by atoms with Crippen molar-refractivity contribution in [1.29, 1.82) is 0 Å². The van der Waals surface area contributed by atoms with Crippen molar-refractivity contribution in [3.8, 4) is 0 Å². The minimum atomic E-state index is 0.461.